The van der Waals surface area contributed by atoms with Gasteiger partial charge >= 0.3 is 0 Å². The van der Waals surface area contributed by atoms with Gasteiger partial charge in [0, 0.05) is 19.5 Å². The molecule has 2 saturated carbocycles. The van der Waals surface area contributed by atoms with E-state index in [-0.39, 0.29) is 21.9 Å². The molecule has 0 aliphatic heterocycles. The minimum atomic E-state index is -0.636. The van der Waals surface area contributed by atoms with Crippen LogP contribution in [0.1, 0.15) is 33.6 Å². The molecule has 3 atom stereocenters. The van der Waals surface area contributed by atoms with Crippen LogP contribution in [0.5, 0.6) is 0 Å². The SMILES string of the molecule is CN(C)NC(=O)[C@@]12CC[C@](C)(C(=O)[C@@H]1Br)C2(C)C. The molecule has 0 aromatic heterocycles. The van der Waals surface area contributed by atoms with E-state index in [9.17, 15) is 9.59 Å². The first kappa shape index (κ1) is 14.0. The molecular weight excluding hydrogens is 296 g/mol. The maximum Gasteiger partial charge on any atom is 0.242 e. The average molecular weight is 317 g/mol. The molecule has 0 unspecified atom stereocenters. The summed E-state index contributed by atoms with van der Waals surface area (Å²) in [6.45, 7) is 6.10. The zero-order chi connectivity index (χ0) is 13.9. The Kier molecular flexibility index (Phi) is 2.95. The molecular formula is C13H21BrN2O2. The number of fused-ring (bicyclic) bond motifs is 2. The van der Waals surface area contributed by atoms with Gasteiger partial charge in [-0.05, 0) is 18.3 Å². The van der Waals surface area contributed by atoms with Gasteiger partial charge in [0.05, 0.1) is 10.2 Å². The summed E-state index contributed by atoms with van der Waals surface area (Å²) < 4.78 is 0. The minimum Gasteiger partial charge on any atom is -0.298 e. The smallest absolute Gasteiger partial charge is 0.242 e. The first-order valence-corrected chi connectivity index (χ1v) is 7.19. The van der Waals surface area contributed by atoms with E-state index in [1.54, 1.807) is 19.1 Å². The third kappa shape index (κ3) is 1.29. The van der Waals surface area contributed by atoms with Crippen molar-refractivity contribution in [2.24, 2.45) is 16.2 Å². The normalized spacial score (nSPS) is 41.5. The number of nitrogens with one attached hydrogen (secondary N) is 1. The van der Waals surface area contributed by atoms with Gasteiger partial charge in [-0.2, -0.15) is 0 Å². The lowest BCUT2D eigenvalue weighted by atomic mass is 9.64. The van der Waals surface area contributed by atoms with Gasteiger partial charge in [-0.3, -0.25) is 15.0 Å². The molecule has 0 heterocycles. The number of ketones is 1. The molecule has 1 amide bonds. The van der Waals surface area contributed by atoms with E-state index < -0.39 is 10.8 Å². The van der Waals surface area contributed by atoms with Gasteiger partial charge in [0.15, 0.2) is 5.78 Å². The largest absolute Gasteiger partial charge is 0.298 e. The van der Waals surface area contributed by atoms with Gasteiger partial charge in [-0.25, -0.2) is 5.01 Å². The quantitative estimate of drug-likeness (QED) is 0.623. The van der Waals surface area contributed by atoms with Gasteiger partial charge in [0.2, 0.25) is 5.91 Å². The number of hydrazine groups is 1. The molecule has 2 rings (SSSR count). The number of carbonyl (C=O) groups is 2. The molecule has 0 spiro atoms. The Bertz CT molecular complexity index is 421. The number of hydrogen-bond acceptors (Lipinski definition) is 3. The summed E-state index contributed by atoms with van der Waals surface area (Å²) in [5.41, 5.74) is 1.48. The summed E-state index contributed by atoms with van der Waals surface area (Å²) >= 11 is 3.49. The number of halogens is 1. The van der Waals surface area contributed by atoms with Crippen molar-refractivity contribution in [3.63, 3.8) is 0 Å². The average Bonchev–Trinajstić information content (AvgIpc) is 2.51. The molecule has 2 fully saturated rings. The molecule has 18 heavy (non-hydrogen) atoms. The number of amides is 1. The zero-order valence-corrected chi connectivity index (χ0v) is 13.2. The second-order valence-electron chi connectivity index (χ2n) is 6.49. The van der Waals surface area contributed by atoms with E-state index in [1.165, 1.54) is 0 Å². The van der Waals surface area contributed by atoms with Crippen LogP contribution in [0, 0.1) is 16.2 Å². The molecule has 0 radical (unpaired) electrons. The lowest BCUT2D eigenvalue weighted by Gasteiger charge is -2.40. The molecule has 0 aromatic rings. The van der Waals surface area contributed by atoms with Gasteiger partial charge in [-0.1, -0.05) is 36.7 Å². The molecule has 2 aliphatic carbocycles. The molecule has 1 N–H and O–H groups in total. The van der Waals surface area contributed by atoms with Crippen molar-refractivity contribution >= 4 is 27.6 Å². The van der Waals surface area contributed by atoms with Gasteiger partial charge in [-0.15, -0.1) is 0 Å². The Morgan fingerprint density at radius 2 is 1.89 bits per heavy atom. The van der Waals surface area contributed by atoms with Crippen LogP contribution < -0.4 is 5.43 Å². The lowest BCUT2D eigenvalue weighted by Crippen LogP contribution is -2.53. The highest BCUT2D eigenvalue weighted by molar-refractivity contribution is 9.10. The Balaban J connectivity index is 2.49. The Morgan fingerprint density at radius 1 is 1.33 bits per heavy atom. The fourth-order valence-corrected chi connectivity index (χ4v) is 5.27. The monoisotopic (exact) mass is 316 g/mol. The van der Waals surface area contributed by atoms with Crippen LogP contribution in [0.25, 0.3) is 0 Å². The van der Waals surface area contributed by atoms with Crippen molar-refractivity contribution < 1.29 is 9.59 Å². The minimum absolute atomic E-state index is 0.0473. The third-order valence-corrected chi connectivity index (χ3v) is 6.65. The maximum atomic E-state index is 12.6. The van der Waals surface area contributed by atoms with Crippen LogP contribution in [0.4, 0.5) is 0 Å². The first-order valence-electron chi connectivity index (χ1n) is 6.28. The molecule has 102 valence electrons. The summed E-state index contributed by atoms with van der Waals surface area (Å²) in [4.78, 5) is 24.7. The molecule has 2 bridgehead atoms. The lowest BCUT2D eigenvalue weighted by molar-refractivity contribution is -0.140. The Labute approximate surface area is 117 Å². The van der Waals surface area contributed by atoms with Crippen LogP contribution in [0.15, 0.2) is 0 Å². The predicted molar refractivity (Wildman–Crippen MR) is 73.1 cm³/mol. The standard InChI is InChI=1S/C13H21BrN2O2/c1-11(2)12(3)6-7-13(11,8(14)9(12)17)10(18)15-16(4)5/h8H,6-7H2,1-5H3,(H,15,18)/t8-,12+,13+/m0/s1. The predicted octanol–water partition coefficient (Wildman–Crippen LogP) is 1.74. The van der Waals surface area contributed by atoms with E-state index >= 15 is 0 Å². The van der Waals surface area contributed by atoms with Crippen LogP contribution >= 0.6 is 15.9 Å². The summed E-state index contributed by atoms with van der Waals surface area (Å²) in [6.07, 6.45) is 1.56. The highest BCUT2D eigenvalue weighted by Crippen LogP contribution is 2.72. The first-order chi connectivity index (χ1) is 8.11. The van der Waals surface area contributed by atoms with Crippen molar-refractivity contribution in [2.45, 2.75) is 38.4 Å². The second-order valence-corrected chi connectivity index (χ2v) is 7.41. The van der Waals surface area contributed by atoms with E-state index in [4.69, 9.17) is 0 Å². The fourth-order valence-electron chi connectivity index (χ4n) is 3.76. The topological polar surface area (TPSA) is 49.4 Å². The highest BCUT2D eigenvalue weighted by Gasteiger charge is 2.76. The fraction of sp³-hybridized carbons (Fsp3) is 0.846. The summed E-state index contributed by atoms with van der Waals surface area (Å²) in [7, 11) is 3.57. The van der Waals surface area contributed by atoms with E-state index in [1.807, 2.05) is 6.92 Å². The van der Waals surface area contributed by atoms with Crippen LogP contribution in [0.2, 0.25) is 0 Å². The molecule has 0 saturated heterocycles. The number of alkyl halides is 1. The molecule has 2 aliphatic rings. The summed E-state index contributed by atoms with van der Waals surface area (Å²) in [5, 5.41) is 1.64. The Morgan fingerprint density at radius 3 is 2.28 bits per heavy atom. The van der Waals surface area contributed by atoms with Crippen LogP contribution in [0.3, 0.4) is 0 Å². The van der Waals surface area contributed by atoms with E-state index in [2.05, 4.69) is 35.2 Å². The number of Topliss-reactive ketones (excluding diaryl/α,β-unsaturated/α-hetero) is 1. The molecule has 5 heteroatoms. The maximum absolute atomic E-state index is 12.6. The van der Waals surface area contributed by atoms with E-state index in [0.717, 1.165) is 12.8 Å². The third-order valence-electron chi connectivity index (χ3n) is 5.45. The van der Waals surface area contributed by atoms with Crippen molar-refractivity contribution in [2.75, 3.05) is 14.1 Å². The molecule has 0 aromatic carbocycles. The van der Waals surface area contributed by atoms with Crippen molar-refractivity contribution in [3.8, 4) is 0 Å². The van der Waals surface area contributed by atoms with Crippen LogP contribution in [-0.2, 0) is 9.59 Å². The van der Waals surface area contributed by atoms with Crippen molar-refractivity contribution in [1.82, 2.24) is 10.4 Å². The number of hydrogen-bond donors (Lipinski definition) is 1. The van der Waals surface area contributed by atoms with Crippen molar-refractivity contribution in [3.05, 3.63) is 0 Å². The van der Waals surface area contributed by atoms with Gasteiger partial charge in [0.25, 0.3) is 0 Å². The molecule has 4 nitrogen and oxygen atoms in total. The number of carbonyl (C=O) groups excluding carboxylic acids is 2. The Hall–Kier alpha value is -0.420. The van der Waals surface area contributed by atoms with Gasteiger partial charge < -0.3 is 0 Å². The van der Waals surface area contributed by atoms with Crippen molar-refractivity contribution in [1.29, 1.82) is 0 Å². The second kappa shape index (κ2) is 3.79. The van der Waals surface area contributed by atoms with Crippen LogP contribution in [-0.4, -0.2) is 35.6 Å². The van der Waals surface area contributed by atoms with E-state index in [0.29, 0.717) is 0 Å². The summed E-state index contributed by atoms with van der Waals surface area (Å²) in [6, 6.07) is 0. The zero-order valence-electron chi connectivity index (χ0n) is 11.6. The number of nitrogens with zero attached hydrogens (tertiary/aromatic N) is 1. The number of rotatable bonds is 2. The van der Waals surface area contributed by atoms with Gasteiger partial charge in [0.1, 0.15) is 0 Å². The highest BCUT2D eigenvalue weighted by atomic mass is 79.9. The summed E-state index contributed by atoms with van der Waals surface area (Å²) in [5.74, 6) is 0.126.